The van der Waals surface area contributed by atoms with Crippen molar-refractivity contribution >= 4 is 34.8 Å². The maximum atomic E-state index is 13.8. The fourth-order valence-electron chi connectivity index (χ4n) is 6.35. The third-order valence-electron chi connectivity index (χ3n) is 7.55. The van der Waals surface area contributed by atoms with Crippen molar-refractivity contribution < 1.29 is 19.3 Å². The number of carbonyl (C=O) groups excluding carboxylic acids is 3. The van der Waals surface area contributed by atoms with Crippen molar-refractivity contribution in [1.82, 2.24) is 4.90 Å². The van der Waals surface area contributed by atoms with E-state index >= 15 is 0 Å². The van der Waals surface area contributed by atoms with Crippen molar-refractivity contribution in [3.63, 3.8) is 0 Å². The number of carbonyl (C=O) groups is 3. The molecular weight excluding hydrogens is 412 g/mol. The van der Waals surface area contributed by atoms with E-state index in [2.05, 4.69) is 5.32 Å². The van der Waals surface area contributed by atoms with E-state index < -0.39 is 28.2 Å². The molecule has 0 bridgehead atoms. The zero-order valence-corrected chi connectivity index (χ0v) is 17.3. The quantitative estimate of drug-likeness (QED) is 0.443. The number of nitrogens with one attached hydrogen (secondary N) is 1. The molecule has 9 nitrogen and oxygen atoms in total. The van der Waals surface area contributed by atoms with Gasteiger partial charge in [-0.25, -0.2) is 4.90 Å². The highest BCUT2D eigenvalue weighted by molar-refractivity contribution is 6.26. The molecule has 162 valence electrons. The molecule has 0 saturated carbocycles. The number of aryl methyl sites for hydroxylation is 1. The van der Waals surface area contributed by atoms with Gasteiger partial charge in [-0.1, -0.05) is 24.3 Å². The van der Waals surface area contributed by atoms with Crippen LogP contribution in [0.1, 0.15) is 24.0 Å². The average Bonchev–Trinajstić information content (AvgIpc) is 3.47. The van der Waals surface area contributed by atoms with E-state index in [4.69, 9.17) is 0 Å². The van der Waals surface area contributed by atoms with Gasteiger partial charge in [-0.2, -0.15) is 0 Å². The monoisotopic (exact) mass is 432 g/mol. The summed E-state index contributed by atoms with van der Waals surface area (Å²) < 4.78 is 0. The van der Waals surface area contributed by atoms with E-state index in [0.29, 0.717) is 17.8 Å². The number of amides is 3. The number of para-hydroxylation sites is 1. The Hall–Kier alpha value is -3.59. The van der Waals surface area contributed by atoms with Crippen LogP contribution in [0.5, 0.6) is 0 Å². The number of benzene rings is 2. The molecule has 9 heteroatoms. The molecular formula is C23H20N4O5. The molecule has 3 saturated heterocycles. The smallest absolute Gasteiger partial charge is 0.274 e. The highest BCUT2D eigenvalue weighted by Crippen LogP contribution is 2.60. The van der Waals surface area contributed by atoms with Crippen LogP contribution in [0.2, 0.25) is 0 Å². The van der Waals surface area contributed by atoms with Crippen LogP contribution < -0.4 is 10.2 Å². The molecule has 0 aromatic heterocycles. The first kappa shape index (κ1) is 19.1. The molecule has 1 N–H and O–H groups in total. The van der Waals surface area contributed by atoms with Crippen LogP contribution in [0, 0.1) is 28.9 Å². The molecule has 3 fully saturated rings. The summed E-state index contributed by atoms with van der Waals surface area (Å²) in [6.07, 6.45) is 1.56. The summed E-state index contributed by atoms with van der Waals surface area (Å²) in [6, 6.07) is 11.5. The van der Waals surface area contributed by atoms with Gasteiger partial charge in [-0.15, -0.1) is 0 Å². The van der Waals surface area contributed by atoms with E-state index in [1.165, 1.54) is 12.1 Å². The van der Waals surface area contributed by atoms with Crippen LogP contribution in [0.15, 0.2) is 42.5 Å². The Bertz CT molecular complexity index is 1240. The van der Waals surface area contributed by atoms with Crippen LogP contribution in [0.3, 0.4) is 0 Å². The molecule has 4 heterocycles. The SMILES string of the molecule is Cc1ccc(N2C(=O)[C@H]3[C@@H](C2=O)[C@]2(C(=O)Nc4ccccc42)N2CCC[C@@H]32)cc1[N+](=O)[O-]. The molecule has 4 atom stereocenters. The van der Waals surface area contributed by atoms with Gasteiger partial charge in [-0.05, 0) is 38.4 Å². The largest absolute Gasteiger partial charge is 0.324 e. The molecule has 0 unspecified atom stereocenters. The van der Waals surface area contributed by atoms with Gasteiger partial charge in [0.1, 0.15) is 5.54 Å². The lowest BCUT2D eigenvalue weighted by atomic mass is 9.75. The van der Waals surface area contributed by atoms with Crippen LogP contribution in [0.4, 0.5) is 17.1 Å². The van der Waals surface area contributed by atoms with Crippen molar-refractivity contribution in [3.8, 4) is 0 Å². The molecule has 4 aliphatic rings. The van der Waals surface area contributed by atoms with Gasteiger partial charge in [0, 0.05) is 28.9 Å². The topological polar surface area (TPSA) is 113 Å². The molecule has 3 amide bonds. The molecule has 6 rings (SSSR count). The summed E-state index contributed by atoms with van der Waals surface area (Å²) in [5, 5.41) is 14.4. The van der Waals surface area contributed by atoms with Gasteiger partial charge in [0.25, 0.3) is 5.69 Å². The summed E-state index contributed by atoms with van der Waals surface area (Å²) in [4.78, 5) is 55.0. The lowest BCUT2D eigenvalue weighted by Gasteiger charge is -2.36. The summed E-state index contributed by atoms with van der Waals surface area (Å²) >= 11 is 0. The van der Waals surface area contributed by atoms with Crippen LogP contribution in [-0.4, -0.2) is 40.1 Å². The van der Waals surface area contributed by atoms with Crippen LogP contribution in [-0.2, 0) is 19.9 Å². The molecule has 1 spiro atoms. The Morgan fingerprint density at radius 2 is 1.91 bits per heavy atom. The van der Waals surface area contributed by atoms with Gasteiger partial charge < -0.3 is 5.32 Å². The Morgan fingerprint density at radius 1 is 1.12 bits per heavy atom. The fourth-order valence-corrected chi connectivity index (χ4v) is 6.35. The Kier molecular flexibility index (Phi) is 3.72. The predicted molar refractivity (Wildman–Crippen MR) is 114 cm³/mol. The molecule has 2 aromatic rings. The third kappa shape index (κ3) is 2.09. The Morgan fingerprint density at radius 3 is 2.69 bits per heavy atom. The molecule has 0 radical (unpaired) electrons. The normalized spacial score (nSPS) is 30.6. The van der Waals surface area contributed by atoms with Gasteiger partial charge in [0.05, 0.1) is 22.4 Å². The van der Waals surface area contributed by atoms with E-state index in [0.717, 1.165) is 23.3 Å². The Balaban J connectivity index is 1.53. The standard InChI is InChI=1S/C23H20N4O5/c1-12-8-9-13(11-17(12)27(31)32)26-20(28)18-16-7-4-10-25(16)23(19(18)21(26)29)14-5-2-3-6-15(14)24-22(23)30/h2-3,5-6,8-9,11,16,18-19H,4,7,10H2,1H3,(H,24,30)/t16-,18+,19-,23+/m0/s1. The number of nitrogens with zero attached hydrogens (tertiary/aromatic N) is 3. The van der Waals surface area contributed by atoms with E-state index in [-0.39, 0.29) is 29.2 Å². The first-order chi connectivity index (χ1) is 15.4. The molecule has 4 aliphatic heterocycles. The highest BCUT2D eigenvalue weighted by Gasteiger charge is 2.74. The second-order valence-corrected chi connectivity index (χ2v) is 8.91. The van der Waals surface area contributed by atoms with Crippen molar-refractivity contribution in [2.45, 2.75) is 31.3 Å². The minimum atomic E-state index is -1.24. The lowest BCUT2D eigenvalue weighted by molar-refractivity contribution is -0.385. The summed E-state index contributed by atoms with van der Waals surface area (Å²) in [6.45, 7) is 2.24. The van der Waals surface area contributed by atoms with E-state index in [1.807, 2.05) is 29.2 Å². The maximum Gasteiger partial charge on any atom is 0.274 e. The van der Waals surface area contributed by atoms with Crippen molar-refractivity contribution in [2.75, 3.05) is 16.8 Å². The number of hydrogen-bond donors (Lipinski definition) is 1. The van der Waals surface area contributed by atoms with Gasteiger partial charge in [-0.3, -0.25) is 29.4 Å². The van der Waals surface area contributed by atoms with E-state index in [9.17, 15) is 24.5 Å². The summed E-state index contributed by atoms with van der Waals surface area (Å²) in [5.41, 5.74) is 0.622. The lowest BCUT2D eigenvalue weighted by Crippen LogP contribution is -2.54. The molecule has 32 heavy (non-hydrogen) atoms. The number of nitro benzene ring substituents is 1. The van der Waals surface area contributed by atoms with Crippen LogP contribution >= 0.6 is 0 Å². The fraction of sp³-hybridized carbons (Fsp3) is 0.348. The van der Waals surface area contributed by atoms with Crippen molar-refractivity contribution in [1.29, 1.82) is 0 Å². The second-order valence-electron chi connectivity index (χ2n) is 8.91. The van der Waals surface area contributed by atoms with Gasteiger partial charge in [0.2, 0.25) is 17.7 Å². The summed E-state index contributed by atoms with van der Waals surface area (Å²) in [7, 11) is 0. The first-order valence-corrected chi connectivity index (χ1v) is 10.7. The Labute approximate surface area is 183 Å². The summed E-state index contributed by atoms with van der Waals surface area (Å²) in [5.74, 6) is -2.67. The minimum absolute atomic E-state index is 0.152. The third-order valence-corrected chi connectivity index (χ3v) is 7.55. The number of nitro groups is 1. The van der Waals surface area contributed by atoms with E-state index in [1.54, 1.807) is 13.0 Å². The molecule has 0 aliphatic carbocycles. The second kappa shape index (κ2) is 6.23. The number of anilines is 2. The maximum absolute atomic E-state index is 13.8. The van der Waals surface area contributed by atoms with Gasteiger partial charge in [0.15, 0.2) is 0 Å². The van der Waals surface area contributed by atoms with Crippen molar-refractivity contribution in [3.05, 3.63) is 63.7 Å². The first-order valence-electron chi connectivity index (χ1n) is 10.7. The van der Waals surface area contributed by atoms with Crippen molar-refractivity contribution in [2.24, 2.45) is 11.8 Å². The minimum Gasteiger partial charge on any atom is -0.324 e. The predicted octanol–water partition coefficient (Wildman–Crippen LogP) is 2.33. The van der Waals surface area contributed by atoms with Crippen LogP contribution in [0.25, 0.3) is 0 Å². The average molecular weight is 432 g/mol. The van der Waals surface area contributed by atoms with Gasteiger partial charge >= 0.3 is 0 Å². The zero-order valence-electron chi connectivity index (χ0n) is 17.3. The number of fused-ring (bicyclic) bond motifs is 7. The zero-order chi connectivity index (χ0) is 22.4. The number of rotatable bonds is 2. The number of imide groups is 1. The molecule has 2 aromatic carbocycles. The number of hydrogen-bond acceptors (Lipinski definition) is 6. The highest BCUT2D eigenvalue weighted by atomic mass is 16.6.